The van der Waals surface area contributed by atoms with Gasteiger partial charge in [-0.15, -0.1) is 0 Å². The number of carbonyl (C=O) groups excluding carboxylic acids is 1. The molecule has 7 heteroatoms. The summed E-state index contributed by atoms with van der Waals surface area (Å²) in [6, 6.07) is 7.52. The third kappa shape index (κ3) is 5.50. The number of carbonyl (C=O) groups is 1. The molecule has 0 radical (unpaired) electrons. The minimum Gasteiger partial charge on any atom is -0.364 e. The Balaban J connectivity index is 2.00. The molecule has 0 fully saturated rings. The number of fused-ring (bicyclic) bond motifs is 1. The van der Waals surface area contributed by atoms with Crippen molar-refractivity contribution in [2.75, 3.05) is 10.6 Å². The van der Waals surface area contributed by atoms with E-state index in [4.69, 9.17) is 0 Å². The van der Waals surface area contributed by atoms with Crippen molar-refractivity contribution in [2.24, 2.45) is 5.41 Å². The molecule has 2 heterocycles. The van der Waals surface area contributed by atoms with Crippen LogP contribution < -0.4 is 10.6 Å². The van der Waals surface area contributed by atoms with Crippen LogP contribution in [0.4, 0.5) is 11.5 Å². The lowest BCUT2D eigenvalue weighted by molar-refractivity contribution is 0.102. The number of hydrogen-bond acceptors (Lipinski definition) is 3. The van der Waals surface area contributed by atoms with E-state index in [1.54, 1.807) is 6.20 Å². The summed E-state index contributed by atoms with van der Waals surface area (Å²) in [6.45, 7) is 17.6. The van der Waals surface area contributed by atoms with E-state index in [1.807, 2.05) is 28.8 Å². The molecule has 0 spiro atoms. The summed E-state index contributed by atoms with van der Waals surface area (Å²) >= 11 is 3.42. The van der Waals surface area contributed by atoms with Crippen LogP contribution in [0.3, 0.4) is 0 Å². The number of benzene rings is 1. The Bertz CT molecular complexity index is 1080. The first-order chi connectivity index (χ1) is 14.2. The van der Waals surface area contributed by atoms with Crippen molar-refractivity contribution < 1.29 is 4.79 Å². The lowest BCUT2D eigenvalue weighted by Gasteiger charge is -2.34. The van der Waals surface area contributed by atoms with Gasteiger partial charge in [0.15, 0.2) is 0 Å². The summed E-state index contributed by atoms with van der Waals surface area (Å²) in [4.78, 5) is 16.5. The van der Waals surface area contributed by atoms with E-state index in [0.29, 0.717) is 11.2 Å². The van der Waals surface area contributed by atoms with Gasteiger partial charge in [0.1, 0.15) is 17.0 Å². The maximum atomic E-state index is 13.0. The van der Waals surface area contributed by atoms with Crippen molar-refractivity contribution in [3.8, 4) is 0 Å². The number of nitrogens with zero attached hydrogens (tertiary/aromatic N) is 2. The van der Waals surface area contributed by atoms with E-state index < -0.39 is 0 Å². The summed E-state index contributed by atoms with van der Waals surface area (Å²) in [7, 11) is 0. The van der Waals surface area contributed by atoms with Crippen molar-refractivity contribution in [3.05, 3.63) is 46.2 Å². The number of anilines is 2. The highest BCUT2D eigenvalue weighted by molar-refractivity contribution is 9.10. The van der Waals surface area contributed by atoms with E-state index in [2.05, 4.69) is 92.0 Å². The van der Waals surface area contributed by atoms with Crippen molar-refractivity contribution in [2.45, 2.75) is 72.8 Å². The molecule has 3 N–H and O–H groups in total. The molecule has 0 saturated carbocycles. The summed E-state index contributed by atoms with van der Waals surface area (Å²) in [5, 5.41) is 11.2. The van der Waals surface area contributed by atoms with Gasteiger partial charge in [-0.3, -0.25) is 4.79 Å². The quantitative estimate of drug-likeness (QED) is 0.379. The molecular formula is C24H34BrN5O. The Morgan fingerprint density at radius 2 is 1.68 bits per heavy atom. The fourth-order valence-electron chi connectivity index (χ4n) is 4.17. The zero-order chi connectivity index (χ0) is 23.2. The minimum absolute atomic E-state index is 0.152. The second-order valence-electron chi connectivity index (χ2n) is 11.1. The molecule has 0 aliphatic carbocycles. The molecule has 6 nitrogen and oxygen atoms in total. The van der Waals surface area contributed by atoms with Gasteiger partial charge in [-0.2, -0.15) is 9.61 Å². The van der Waals surface area contributed by atoms with Gasteiger partial charge in [0, 0.05) is 21.1 Å². The van der Waals surface area contributed by atoms with E-state index >= 15 is 0 Å². The maximum absolute atomic E-state index is 13.0. The lowest BCUT2D eigenvalue weighted by Crippen LogP contribution is -2.36. The number of aromatic nitrogens is 3. The van der Waals surface area contributed by atoms with Crippen molar-refractivity contribution in [1.82, 2.24) is 14.6 Å². The standard InChI is InChI=1S/C24H34BrN5O/c1-22(2,3)14-24(7,8)29-20-18(23(4,5)6)28-19-17(13-26-30(19)20)21(31)27-16-11-9-15(25)10-12-16/h9-13,28-29H,14H2,1-8H3,(H,27,31). The zero-order valence-corrected chi connectivity index (χ0v) is 21.4. The fourth-order valence-corrected chi connectivity index (χ4v) is 4.43. The van der Waals surface area contributed by atoms with Crippen LogP contribution in [0.1, 0.15) is 77.9 Å². The highest BCUT2D eigenvalue weighted by Gasteiger charge is 2.32. The predicted octanol–water partition coefficient (Wildman–Crippen LogP) is 6.60. The molecule has 168 valence electrons. The van der Waals surface area contributed by atoms with Crippen LogP contribution in [-0.2, 0) is 5.41 Å². The predicted molar refractivity (Wildman–Crippen MR) is 132 cm³/mol. The highest BCUT2D eigenvalue weighted by atomic mass is 79.9. The molecule has 0 aliphatic heterocycles. The van der Waals surface area contributed by atoms with Gasteiger partial charge in [-0.25, -0.2) is 0 Å². The number of nitrogens with one attached hydrogen (secondary N) is 3. The van der Waals surface area contributed by atoms with Gasteiger partial charge in [-0.1, -0.05) is 57.5 Å². The number of aromatic amines is 1. The lowest BCUT2D eigenvalue weighted by atomic mass is 9.81. The third-order valence-corrected chi connectivity index (χ3v) is 5.52. The first-order valence-corrected chi connectivity index (χ1v) is 11.4. The van der Waals surface area contributed by atoms with Crippen LogP contribution >= 0.6 is 15.9 Å². The molecule has 1 aromatic carbocycles. The first-order valence-electron chi connectivity index (χ1n) is 10.6. The van der Waals surface area contributed by atoms with Crippen molar-refractivity contribution >= 4 is 39.0 Å². The van der Waals surface area contributed by atoms with Crippen LogP contribution in [0.15, 0.2) is 34.9 Å². The van der Waals surface area contributed by atoms with Crippen LogP contribution in [0.25, 0.3) is 5.65 Å². The Morgan fingerprint density at radius 3 is 2.23 bits per heavy atom. The molecule has 3 aromatic rings. The largest absolute Gasteiger partial charge is 0.364 e. The first kappa shape index (κ1) is 23.4. The average Bonchev–Trinajstić information content (AvgIpc) is 3.14. The molecule has 1 amide bonds. The summed E-state index contributed by atoms with van der Waals surface area (Å²) in [5.41, 5.74) is 2.83. The summed E-state index contributed by atoms with van der Waals surface area (Å²) in [5.74, 6) is 0.707. The number of hydrogen-bond donors (Lipinski definition) is 3. The number of imidazole rings is 1. The minimum atomic E-state index is -0.195. The molecule has 0 unspecified atom stereocenters. The Hall–Kier alpha value is -2.28. The van der Waals surface area contributed by atoms with Crippen molar-refractivity contribution in [1.29, 1.82) is 0 Å². The second-order valence-corrected chi connectivity index (χ2v) is 12.0. The Kier molecular flexibility index (Phi) is 6.04. The fraction of sp³-hybridized carbons (Fsp3) is 0.500. The van der Waals surface area contributed by atoms with E-state index in [0.717, 1.165) is 28.1 Å². The van der Waals surface area contributed by atoms with E-state index in [-0.39, 0.29) is 22.3 Å². The summed E-state index contributed by atoms with van der Waals surface area (Å²) < 4.78 is 2.78. The second kappa shape index (κ2) is 8.01. The van der Waals surface area contributed by atoms with E-state index in [1.165, 1.54) is 0 Å². The molecule has 3 rings (SSSR count). The topological polar surface area (TPSA) is 74.2 Å². The molecule has 0 atom stereocenters. The van der Waals surface area contributed by atoms with Gasteiger partial charge in [0.25, 0.3) is 5.91 Å². The molecule has 0 bridgehead atoms. The van der Waals surface area contributed by atoms with Gasteiger partial charge in [0.2, 0.25) is 0 Å². The molecule has 2 aromatic heterocycles. The number of H-pyrrole nitrogens is 1. The summed E-state index contributed by atoms with van der Waals surface area (Å²) in [6.07, 6.45) is 2.60. The normalized spacial score (nSPS) is 12.9. The number of rotatable bonds is 5. The third-order valence-electron chi connectivity index (χ3n) is 4.99. The SMILES string of the molecule is CC(C)(C)CC(C)(C)Nc1c(C(C)(C)C)[nH]c2c(C(=O)Nc3ccc(Br)cc3)cnn12. The van der Waals surface area contributed by atoms with Crippen LogP contribution in [-0.4, -0.2) is 26.0 Å². The smallest absolute Gasteiger partial charge is 0.261 e. The Morgan fingerprint density at radius 1 is 1.06 bits per heavy atom. The van der Waals surface area contributed by atoms with Crippen molar-refractivity contribution in [3.63, 3.8) is 0 Å². The molecular weight excluding hydrogens is 454 g/mol. The maximum Gasteiger partial charge on any atom is 0.261 e. The average molecular weight is 488 g/mol. The molecule has 31 heavy (non-hydrogen) atoms. The van der Waals surface area contributed by atoms with Gasteiger partial charge >= 0.3 is 0 Å². The molecule has 0 aliphatic rings. The van der Waals surface area contributed by atoms with Gasteiger partial charge in [-0.05, 0) is 49.9 Å². The Labute approximate surface area is 193 Å². The number of amides is 1. The van der Waals surface area contributed by atoms with Gasteiger partial charge < -0.3 is 15.6 Å². The van der Waals surface area contributed by atoms with Crippen LogP contribution in [0.2, 0.25) is 0 Å². The van der Waals surface area contributed by atoms with Gasteiger partial charge in [0.05, 0.1) is 11.9 Å². The molecule has 0 saturated heterocycles. The number of halogens is 1. The van der Waals surface area contributed by atoms with Crippen LogP contribution in [0.5, 0.6) is 0 Å². The highest BCUT2D eigenvalue weighted by Crippen LogP contribution is 2.35. The monoisotopic (exact) mass is 487 g/mol. The zero-order valence-electron chi connectivity index (χ0n) is 19.8. The van der Waals surface area contributed by atoms with E-state index in [9.17, 15) is 4.79 Å². The van der Waals surface area contributed by atoms with Crippen LogP contribution in [0, 0.1) is 5.41 Å².